The van der Waals surface area contributed by atoms with Gasteiger partial charge < -0.3 is 69.3 Å². The Balaban J connectivity index is 0.000000229. The van der Waals surface area contributed by atoms with Crippen LogP contribution in [0.4, 0.5) is 0 Å². The summed E-state index contributed by atoms with van der Waals surface area (Å²) in [7, 11) is 4.84. The Morgan fingerprint density at radius 2 is 0.419 bits per heavy atom. The van der Waals surface area contributed by atoms with Crippen molar-refractivity contribution in [1.29, 1.82) is 0 Å². The minimum absolute atomic E-state index is 0. The summed E-state index contributed by atoms with van der Waals surface area (Å²) in [6.07, 6.45) is 0. The standard InChI is InChI=1S/C30H28N2S5.2C15H15NS2.Zn/c33-29(31(21-25-13-5-1-6-14-25)22-26-15-7-2-8-16-26)35-37-36-30(34)32(23-27-17-9-3-10-18-27)24-28-19-11-4-12-20-28;2*17-15(18)16(11-13-7-3-1-4-8-13)12-14-9-5-2-6-10-14;/h1-20H,21-24H2;2*1-10H,11-12H2,(H,17,18);/q;;;+2/p-2. The minimum atomic E-state index is 0. The number of benzene rings is 8. The molecule has 0 fully saturated rings. The monoisotopic (exact) mass is 1180 g/mol. The van der Waals surface area contributed by atoms with Gasteiger partial charge in [-0.1, -0.05) is 276 Å². The number of nitrogens with zero attached hydrogens (tertiary/aromatic N) is 4. The van der Waals surface area contributed by atoms with Gasteiger partial charge in [-0.2, -0.15) is 0 Å². The molecule has 0 saturated carbocycles. The molecule has 0 atom stereocenters. The van der Waals surface area contributed by atoms with Gasteiger partial charge in [-0.3, -0.25) is 0 Å². The van der Waals surface area contributed by atoms with Crippen LogP contribution in [0.25, 0.3) is 0 Å². The first-order valence-corrected chi connectivity index (χ1v) is 29.4. The Labute approximate surface area is 496 Å². The van der Waals surface area contributed by atoms with Crippen LogP contribution in [0.5, 0.6) is 0 Å². The van der Waals surface area contributed by atoms with Gasteiger partial charge in [0.05, 0.1) is 0 Å². The molecule has 0 saturated heterocycles. The largest absolute Gasteiger partial charge is 2.00 e. The van der Waals surface area contributed by atoms with Crippen LogP contribution in [0.2, 0.25) is 0 Å². The predicted molar refractivity (Wildman–Crippen MR) is 336 cm³/mol. The first-order chi connectivity index (χ1) is 35.7. The predicted octanol–water partition coefficient (Wildman–Crippen LogP) is 16.0. The molecule has 0 bridgehead atoms. The third-order valence-corrected chi connectivity index (χ3v) is 17.2. The van der Waals surface area contributed by atoms with E-state index in [9.17, 15) is 0 Å². The molecule has 0 aliphatic carbocycles. The van der Waals surface area contributed by atoms with Crippen molar-refractivity contribution in [3.05, 3.63) is 287 Å². The summed E-state index contributed by atoms with van der Waals surface area (Å²) >= 11 is 32.4. The molecular formula is C60H56N4S9Zn. The summed E-state index contributed by atoms with van der Waals surface area (Å²) in [5.74, 6) is 0. The van der Waals surface area contributed by atoms with Gasteiger partial charge in [-0.05, 0) is 75.9 Å². The fraction of sp³-hybridized carbons (Fsp3) is 0.133. The smallest absolute Gasteiger partial charge is 0.411 e. The molecule has 0 aromatic heterocycles. The Morgan fingerprint density at radius 3 is 0.568 bits per heavy atom. The van der Waals surface area contributed by atoms with E-state index < -0.39 is 0 Å². The molecular weight excluding hydrogens is 1130 g/mol. The number of rotatable bonds is 18. The zero-order chi connectivity index (χ0) is 51.3. The van der Waals surface area contributed by atoms with Crippen LogP contribution in [0.3, 0.4) is 0 Å². The second-order valence-electron chi connectivity index (χ2n) is 16.6. The molecule has 14 heteroatoms. The summed E-state index contributed by atoms with van der Waals surface area (Å²) in [5.41, 5.74) is 9.86. The van der Waals surface area contributed by atoms with Gasteiger partial charge in [-0.15, -0.1) is 0 Å². The summed E-state index contributed by atoms with van der Waals surface area (Å²) in [6.45, 7) is 6.12. The van der Waals surface area contributed by atoms with Crippen molar-refractivity contribution in [1.82, 2.24) is 19.6 Å². The van der Waals surface area contributed by atoms with Crippen LogP contribution in [0, 0.1) is 0 Å². The molecule has 0 aliphatic rings. The fourth-order valence-corrected chi connectivity index (χ4v) is 12.7. The molecule has 4 nitrogen and oxygen atoms in total. The molecule has 0 N–H and O–H groups in total. The Morgan fingerprint density at radius 1 is 0.270 bits per heavy atom. The minimum Gasteiger partial charge on any atom is -0.411 e. The fourth-order valence-electron chi connectivity index (χ4n) is 7.35. The zero-order valence-electron chi connectivity index (χ0n) is 40.9. The molecule has 8 aromatic rings. The van der Waals surface area contributed by atoms with Crippen molar-refractivity contribution in [3.63, 3.8) is 0 Å². The molecule has 0 amide bonds. The van der Waals surface area contributed by atoms with Crippen LogP contribution >= 0.6 is 80.3 Å². The van der Waals surface area contributed by atoms with Crippen molar-refractivity contribution in [3.8, 4) is 0 Å². The SMILES string of the molecule is S=C(SSSC(=S)N(Cc1ccccc1)Cc1ccccc1)N(Cc1ccccc1)Cc1ccccc1.S=C([S-])N(Cc1ccccc1)Cc1ccccc1.S=C([S-])N(Cc1ccccc1)Cc1ccccc1.[Zn+2]. The second kappa shape index (κ2) is 34.9. The van der Waals surface area contributed by atoms with Crippen molar-refractivity contribution in [2.45, 2.75) is 52.4 Å². The third-order valence-electron chi connectivity index (χ3n) is 11.0. The zero-order valence-corrected chi connectivity index (χ0v) is 51.2. The molecule has 0 heterocycles. The molecule has 74 heavy (non-hydrogen) atoms. The summed E-state index contributed by atoms with van der Waals surface area (Å²) in [6, 6.07) is 82.9. The van der Waals surface area contributed by atoms with Crippen LogP contribution in [-0.4, -0.2) is 36.9 Å². The van der Waals surface area contributed by atoms with E-state index in [1.165, 1.54) is 44.5 Å². The van der Waals surface area contributed by atoms with Gasteiger partial charge in [0.2, 0.25) is 0 Å². The first-order valence-electron chi connectivity index (χ1n) is 23.5. The van der Waals surface area contributed by atoms with Gasteiger partial charge in [0.15, 0.2) is 0 Å². The van der Waals surface area contributed by atoms with Crippen LogP contribution in [-0.2, 0) is 97.1 Å². The van der Waals surface area contributed by atoms with Crippen LogP contribution in [0.1, 0.15) is 44.5 Å². The molecule has 0 aliphatic heterocycles. The van der Waals surface area contributed by atoms with E-state index >= 15 is 0 Å². The van der Waals surface area contributed by atoms with E-state index in [1.807, 2.05) is 107 Å². The van der Waals surface area contributed by atoms with Gasteiger partial charge in [-0.25, -0.2) is 0 Å². The summed E-state index contributed by atoms with van der Waals surface area (Å²) in [4.78, 5) is 8.59. The maximum atomic E-state index is 5.90. The van der Waals surface area contributed by atoms with E-state index in [0.29, 0.717) is 8.64 Å². The van der Waals surface area contributed by atoms with Gasteiger partial charge in [0, 0.05) is 52.4 Å². The van der Waals surface area contributed by atoms with Gasteiger partial charge in [0.1, 0.15) is 8.64 Å². The van der Waals surface area contributed by atoms with E-state index in [4.69, 9.17) is 74.1 Å². The maximum absolute atomic E-state index is 5.90. The van der Waals surface area contributed by atoms with E-state index in [2.05, 4.69) is 155 Å². The quantitative estimate of drug-likeness (QED) is 0.0351. The van der Waals surface area contributed by atoms with E-state index in [-0.39, 0.29) is 19.5 Å². The topological polar surface area (TPSA) is 13.0 Å². The summed E-state index contributed by atoms with van der Waals surface area (Å²) < 4.78 is 2.74. The van der Waals surface area contributed by atoms with Crippen LogP contribution < -0.4 is 0 Å². The maximum Gasteiger partial charge on any atom is 2.00 e. The van der Waals surface area contributed by atoms with Gasteiger partial charge >= 0.3 is 19.5 Å². The number of hydrogen-bond acceptors (Lipinski definition) is 9. The molecule has 372 valence electrons. The van der Waals surface area contributed by atoms with Gasteiger partial charge in [0.25, 0.3) is 0 Å². The summed E-state index contributed by atoms with van der Waals surface area (Å²) in [5, 5.41) is 0. The van der Waals surface area contributed by atoms with Crippen molar-refractivity contribution < 1.29 is 19.5 Å². The van der Waals surface area contributed by atoms with E-state index in [1.54, 1.807) is 31.4 Å². The first kappa shape index (κ1) is 60.3. The number of thiocarbonyl (C=S) groups is 4. The molecule has 0 unspecified atom stereocenters. The normalized spacial score (nSPS) is 10.2. The number of hydrogen-bond donors (Lipinski definition) is 0. The van der Waals surface area contributed by atoms with Crippen molar-refractivity contribution in [2.75, 3.05) is 0 Å². The molecule has 0 spiro atoms. The average Bonchev–Trinajstić information content (AvgIpc) is 3.43. The van der Waals surface area contributed by atoms with Crippen molar-refractivity contribution in [2.24, 2.45) is 0 Å². The molecule has 8 rings (SSSR count). The third kappa shape index (κ3) is 23.1. The molecule has 0 radical (unpaired) electrons. The Bertz CT molecular complexity index is 2460. The molecule has 8 aromatic carbocycles. The van der Waals surface area contributed by atoms with Crippen molar-refractivity contribution >= 4 is 123 Å². The Hall–Kier alpha value is -4.57. The van der Waals surface area contributed by atoms with E-state index in [0.717, 1.165) is 61.0 Å². The average molecular weight is 1190 g/mol. The second-order valence-corrected chi connectivity index (χ2v) is 23.8. The van der Waals surface area contributed by atoms with Crippen LogP contribution in [0.15, 0.2) is 243 Å². The Kier molecular flexibility index (Phi) is 28.4.